The molecule has 0 aliphatic heterocycles. The second-order valence-electron chi connectivity index (χ2n) is 3.94. The number of rotatable bonds is 2. The molecule has 0 aliphatic rings. The summed E-state index contributed by atoms with van der Waals surface area (Å²) in [6.45, 7) is 4.00. The Morgan fingerprint density at radius 3 is 2.26 bits per heavy atom. The van der Waals surface area contributed by atoms with E-state index < -0.39 is 0 Å². The lowest BCUT2D eigenvalue weighted by Gasteiger charge is -1.98. The van der Waals surface area contributed by atoms with Crippen molar-refractivity contribution in [3.05, 3.63) is 71.9 Å². The molecule has 0 saturated heterocycles. The number of para-hydroxylation sites is 1. The summed E-state index contributed by atoms with van der Waals surface area (Å²) in [6, 6.07) is 17.2. The van der Waals surface area contributed by atoms with E-state index in [1.807, 2.05) is 68.4 Å². The Balaban J connectivity index is 0.000000637. The second-order valence-corrected chi connectivity index (χ2v) is 3.94. The number of hydrogen-bond donors (Lipinski definition) is 1. The maximum atomic E-state index is 12.3. The Kier molecular flexibility index (Phi) is 4.14. The Morgan fingerprint density at radius 1 is 0.895 bits per heavy atom. The number of benzene rings is 2. The van der Waals surface area contributed by atoms with Crippen LogP contribution in [0.5, 0.6) is 0 Å². The number of nitrogens with one attached hydrogen (secondary N) is 1. The molecule has 0 bridgehead atoms. The highest BCUT2D eigenvalue weighted by Crippen LogP contribution is 2.20. The fourth-order valence-corrected chi connectivity index (χ4v) is 2.00. The lowest BCUT2D eigenvalue weighted by molar-refractivity contribution is 0.104. The predicted molar refractivity (Wildman–Crippen MR) is 79.5 cm³/mol. The zero-order valence-corrected chi connectivity index (χ0v) is 11.2. The average Bonchev–Trinajstić information content (AvgIpc) is 2.93. The van der Waals surface area contributed by atoms with E-state index in [1.165, 1.54) is 0 Å². The Labute approximate surface area is 113 Å². The van der Waals surface area contributed by atoms with Gasteiger partial charge in [-0.15, -0.1) is 0 Å². The first kappa shape index (κ1) is 13.1. The maximum absolute atomic E-state index is 12.3. The van der Waals surface area contributed by atoms with Crippen LogP contribution in [0.1, 0.15) is 29.8 Å². The van der Waals surface area contributed by atoms with Gasteiger partial charge in [0.2, 0.25) is 0 Å². The van der Waals surface area contributed by atoms with Crippen molar-refractivity contribution in [3.63, 3.8) is 0 Å². The van der Waals surface area contributed by atoms with Crippen molar-refractivity contribution in [1.82, 2.24) is 4.98 Å². The molecule has 0 amide bonds. The van der Waals surface area contributed by atoms with Crippen LogP contribution >= 0.6 is 0 Å². The molecule has 2 aromatic carbocycles. The second kappa shape index (κ2) is 6.01. The summed E-state index contributed by atoms with van der Waals surface area (Å²) in [5, 5.41) is 0.973. The van der Waals surface area contributed by atoms with Crippen LogP contribution in [-0.2, 0) is 0 Å². The summed E-state index contributed by atoms with van der Waals surface area (Å²) in [5.74, 6) is 0.0584. The highest BCUT2D eigenvalue weighted by Gasteiger charge is 2.12. The van der Waals surface area contributed by atoms with Crippen LogP contribution in [0.2, 0.25) is 0 Å². The molecule has 96 valence electrons. The van der Waals surface area contributed by atoms with E-state index in [1.54, 1.807) is 6.20 Å². The lowest BCUT2D eigenvalue weighted by atomic mass is 10.0. The van der Waals surface area contributed by atoms with E-state index in [2.05, 4.69) is 4.98 Å². The molecule has 1 aromatic heterocycles. The summed E-state index contributed by atoms with van der Waals surface area (Å²) in [4.78, 5) is 15.4. The van der Waals surface area contributed by atoms with Crippen LogP contribution in [0.4, 0.5) is 0 Å². The molecule has 0 fully saturated rings. The fraction of sp³-hybridized carbons (Fsp3) is 0.118. The van der Waals surface area contributed by atoms with E-state index in [0.717, 1.165) is 22.0 Å². The minimum absolute atomic E-state index is 0.0584. The highest BCUT2D eigenvalue weighted by atomic mass is 16.1. The van der Waals surface area contributed by atoms with Crippen LogP contribution in [0, 0.1) is 0 Å². The van der Waals surface area contributed by atoms with Crippen molar-refractivity contribution in [2.45, 2.75) is 13.8 Å². The average molecular weight is 251 g/mol. The van der Waals surface area contributed by atoms with Crippen molar-refractivity contribution in [1.29, 1.82) is 0 Å². The number of aromatic amines is 1. The van der Waals surface area contributed by atoms with Gasteiger partial charge in [0.15, 0.2) is 5.78 Å². The molecule has 0 aliphatic carbocycles. The molecule has 2 heteroatoms. The van der Waals surface area contributed by atoms with Crippen LogP contribution in [0.25, 0.3) is 10.9 Å². The third-order valence-corrected chi connectivity index (χ3v) is 2.87. The third kappa shape index (κ3) is 2.58. The number of carbonyl (C=O) groups is 1. The summed E-state index contributed by atoms with van der Waals surface area (Å²) in [5.41, 5.74) is 2.44. The van der Waals surface area contributed by atoms with Gasteiger partial charge in [-0.3, -0.25) is 4.79 Å². The summed E-state index contributed by atoms with van der Waals surface area (Å²) < 4.78 is 0. The summed E-state index contributed by atoms with van der Waals surface area (Å²) in [6.07, 6.45) is 1.78. The van der Waals surface area contributed by atoms with Crippen molar-refractivity contribution in [2.75, 3.05) is 0 Å². The van der Waals surface area contributed by atoms with Crippen molar-refractivity contribution >= 4 is 16.7 Å². The first-order valence-corrected chi connectivity index (χ1v) is 6.52. The van der Waals surface area contributed by atoms with Gasteiger partial charge >= 0.3 is 0 Å². The molecule has 0 radical (unpaired) electrons. The van der Waals surface area contributed by atoms with Crippen molar-refractivity contribution < 1.29 is 4.79 Å². The minimum atomic E-state index is 0.0584. The molecule has 3 aromatic rings. The van der Waals surface area contributed by atoms with Gasteiger partial charge in [0.05, 0.1) is 0 Å². The van der Waals surface area contributed by atoms with Gasteiger partial charge in [-0.2, -0.15) is 0 Å². The number of hydrogen-bond acceptors (Lipinski definition) is 1. The van der Waals surface area contributed by atoms with Crippen LogP contribution in [0.3, 0.4) is 0 Å². The van der Waals surface area contributed by atoms with Gasteiger partial charge in [0.25, 0.3) is 0 Å². The molecule has 0 saturated carbocycles. The molecule has 1 N–H and O–H groups in total. The Hall–Kier alpha value is -2.35. The van der Waals surface area contributed by atoms with Crippen molar-refractivity contribution in [2.24, 2.45) is 0 Å². The first-order chi connectivity index (χ1) is 9.36. The molecular formula is C17H17NO. The number of carbonyl (C=O) groups excluding carboxylic acids is 1. The molecule has 0 atom stereocenters. The van der Waals surface area contributed by atoms with Gasteiger partial charge in [-0.05, 0) is 6.07 Å². The van der Waals surface area contributed by atoms with E-state index in [9.17, 15) is 4.79 Å². The third-order valence-electron chi connectivity index (χ3n) is 2.87. The van der Waals surface area contributed by atoms with Gasteiger partial charge in [0.1, 0.15) is 0 Å². The molecule has 0 spiro atoms. The zero-order chi connectivity index (χ0) is 13.7. The molecule has 3 rings (SSSR count). The first-order valence-electron chi connectivity index (χ1n) is 6.52. The summed E-state index contributed by atoms with van der Waals surface area (Å²) in [7, 11) is 0. The molecule has 1 heterocycles. The number of ketones is 1. The van der Waals surface area contributed by atoms with E-state index >= 15 is 0 Å². The van der Waals surface area contributed by atoms with E-state index in [0.29, 0.717) is 0 Å². The normalized spacial score (nSPS) is 9.79. The van der Waals surface area contributed by atoms with E-state index in [-0.39, 0.29) is 5.78 Å². The quantitative estimate of drug-likeness (QED) is 0.672. The Bertz CT molecular complexity index is 668. The standard InChI is InChI=1S/C15H11NO.C2H6/c17-15(11-6-2-1-3-7-11)13-10-16-14-9-5-4-8-12(13)14;1-2/h1-10,16H;1-2H3. The van der Waals surface area contributed by atoms with Crippen LogP contribution in [0.15, 0.2) is 60.8 Å². The van der Waals surface area contributed by atoms with Gasteiger partial charge < -0.3 is 4.98 Å². The van der Waals surface area contributed by atoms with Crippen molar-refractivity contribution in [3.8, 4) is 0 Å². The highest BCUT2D eigenvalue weighted by molar-refractivity contribution is 6.16. The minimum Gasteiger partial charge on any atom is -0.360 e. The zero-order valence-electron chi connectivity index (χ0n) is 11.2. The van der Waals surface area contributed by atoms with Gasteiger partial charge in [-0.1, -0.05) is 62.4 Å². The topological polar surface area (TPSA) is 32.9 Å². The van der Waals surface area contributed by atoms with Gasteiger partial charge in [0, 0.05) is 28.2 Å². The Morgan fingerprint density at radius 2 is 1.53 bits per heavy atom. The lowest BCUT2D eigenvalue weighted by Crippen LogP contribution is -1.99. The number of aromatic nitrogens is 1. The fourth-order valence-electron chi connectivity index (χ4n) is 2.00. The molecule has 2 nitrogen and oxygen atoms in total. The largest absolute Gasteiger partial charge is 0.360 e. The van der Waals surface area contributed by atoms with Gasteiger partial charge in [-0.25, -0.2) is 0 Å². The van der Waals surface area contributed by atoms with Crippen LogP contribution in [-0.4, -0.2) is 10.8 Å². The molecule has 19 heavy (non-hydrogen) atoms. The maximum Gasteiger partial charge on any atom is 0.195 e. The monoisotopic (exact) mass is 251 g/mol. The van der Waals surface area contributed by atoms with Crippen LogP contribution < -0.4 is 0 Å². The summed E-state index contributed by atoms with van der Waals surface area (Å²) >= 11 is 0. The number of H-pyrrole nitrogens is 1. The SMILES string of the molecule is CC.O=C(c1ccccc1)c1c[nH]c2ccccc12. The van der Waals surface area contributed by atoms with E-state index in [4.69, 9.17) is 0 Å². The smallest absolute Gasteiger partial charge is 0.195 e. The predicted octanol–water partition coefficient (Wildman–Crippen LogP) is 4.43. The molecule has 0 unspecified atom stereocenters. The number of fused-ring (bicyclic) bond motifs is 1. The molecular weight excluding hydrogens is 234 g/mol.